The molecular weight excluding hydrogens is 361 g/mol. The third-order valence-electron chi connectivity index (χ3n) is 2.97. The van der Waals surface area contributed by atoms with Crippen LogP contribution in [0.5, 0.6) is 0 Å². The van der Waals surface area contributed by atoms with Crippen LogP contribution in [-0.4, -0.2) is 43.7 Å². The first-order chi connectivity index (χ1) is 8.75. The molecule has 1 aliphatic heterocycles. The normalized spacial score (nSPS) is 16.5. The van der Waals surface area contributed by atoms with E-state index in [0.29, 0.717) is 12.2 Å². The topological polar surface area (TPSA) is 30.7 Å². The van der Waals surface area contributed by atoms with Gasteiger partial charge in [-0.25, -0.2) is 4.79 Å². The van der Waals surface area contributed by atoms with E-state index in [2.05, 4.69) is 22.6 Å². The zero-order valence-corrected chi connectivity index (χ0v) is 13.1. The Labute approximate surface area is 125 Å². The highest BCUT2D eigenvalue weighted by Gasteiger charge is 2.14. The summed E-state index contributed by atoms with van der Waals surface area (Å²) in [6.07, 6.45) is 0. The quantitative estimate of drug-likeness (QED) is 0.629. The van der Waals surface area contributed by atoms with Crippen molar-refractivity contribution in [2.75, 3.05) is 37.7 Å². The van der Waals surface area contributed by atoms with Crippen LogP contribution in [0.15, 0.2) is 24.3 Å². The van der Waals surface area contributed by atoms with E-state index >= 15 is 0 Å². The number of ether oxygens (including phenoxy) is 1. The minimum absolute atomic E-state index is 0.211. The van der Waals surface area contributed by atoms with Crippen molar-refractivity contribution in [3.05, 3.63) is 33.4 Å². The summed E-state index contributed by atoms with van der Waals surface area (Å²) in [5, 5.41) is 0. The van der Waals surface area contributed by atoms with Gasteiger partial charge in [-0.3, -0.25) is 0 Å². The summed E-state index contributed by atoms with van der Waals surface area (Å²) in [6.45, 7) is 3.82. The number of nitrogens with one attached hydrogen (secondary N) is 1. The molecule has 1 aromatic rings. The van der Waals surface area contributed by atoms with Crippen LogP contribution in [0.4, 0.5) is 0 Å². The van der Waals surface area contributed by atoms with Crippen LogP contribution in [0.3, 0.4) is 0 Å². The summed E-state index contributed by atoms with van der Waals surface area (Å²) in [6, 6.07) is 7.47. The molecule has 2 rings (SSSR count). The van der Waals surface area contributed by atoms with E-state index in [1.165, 1.54) is 24.6 Å². The molecule has 0 atom stereocenters. The van der Waals surface area contributed by atoms with E-state index in [4.69, 9.17) is 4.74 Å². The number of carbonyl (C=O) groups excluding carboxylic acids is 1. The van der Waals surface area contributed by atoms with Crippen LogP contribution in [0.2, 0.25) is 0 Å². The van der Waals surface area contributed by atoms with Crippen LogP contribution >= 0.6 is 34.4 Å². The number of rotatable bonds is 4. The first kappa shape index (κ1) is 14.1. The first-order valence-corrected chi connectivity index (χ1v) is 8.33. The standard InChI is InChI=1S/C13H16INO2S/c14-12-3-1-11(2-4-12)13(16)17-8-5-15-6-9-18-10-7-15/h1-4H,5-10H2/p+1. The molecule has 0 bridgehead atoms. The summed E-state index contributed by atoms with van der Waals surface area (Å²) < 4.78 is 6.43. The van der Waals surface area contributed by atoms with Crippen molar-refractivity contribution in [2.24, 2.45) is 0 Å². The Kier molecular flexibility index (Phi) is 5.78. The molecule has 5 heteroatoms. The van der Waals surface area contributed by atoms with Gasteiger partial charge in [0.1, 0.15) is 13.2 Å². The van der Waals surface area contributed by atoms with Crippen molar-refractivity contribution in [3.8, 4) is 0 Å². The Bertz CT molecular complexity index is 390. The van der Waals surface area contributed by atoms with E-state index in [9.17, 15) is 4.79 Å². The average molecular weight is 378 g/mol. The fourth-order valence-corrected chi connectivity index (χ4v) is 3.30. The van der Waals surface area contributed by atoms with Crippen LogP contribution < -0.4 is 4.90 Å². The number of quaternary nitrogens is 1. The molecule has 98 valence electrons. The van der Waals surface area contributed by atoms with Gasteiger partial charge >= 0.3 is 5.97 Å². The fraction of sp³-hybridized carbons (Fsp3) is 0.462. The minimum atomic E-state index is -0.211. The van der Waals surface area contributed by atoms with Gasteiger partial charge in [0.25, 0.3) is 0 Å². The Hall–Kier alpha value is -0.270. The van der Waals surface area contributed by atoms with E-state index < -0.39 is 0 Å². The second kappa shape index (κ2) is 7.35. The monoisotopic (exact) mass is 378 g/mol. The van der Waals surface area contributed by atoms with E-state index in [1.54, 1.807) is 4.90 Å². The maximum atomic E-state index is 11.8. The predicted octanol–water partition coefficient (Wildman–Crippen LogP) is 1.08. The van der Waals surface area contributed by atoms with E-state index in [-0.39, 0.29) is 5.97 Å². The molecule has 0 aliphatic carbocycles. The molecule has 0 amide bonds. The van der Waals surface area contributed by atoms with Gasteiger partial charge in [0.2, 0.25) is 0 Å². The molecular formula is C13H17INO2S+. The third kappa shape index (κ3) is 4.44. The van der Waals surface area contributed by atoms with Gasteiger partial charge in [-0.05, 0) is 46.9 Å². The number of halogens is 1. The maximum Gasteiger partial charge on any atom is 0.338 e. The summed E-state index contributed by atoms with van der Waals surface area (Å²) in [4.78, 5) is 13.3. The zero-order chi connectivity index (χ0) is 12.8. The summed E-state index contributed by atoms with van der Waals surface area (Å²) in [5.74, 6) is 2.23. The smallest absolute Gasteiger partial charge is 0.338 e. The molecule has 0 saturated carbocycles. The lowest BCUT2D eigenvalue weighted by atomic mass is 10.2. The number of hydrogen-bond donors (Lipinski definition) is 1. The number of benzene rings is 1. The van der Waals surface area contributed by atoms with Gasteiger partial charge in [-0.15, -0.1) is 0 Å². The lowest BCUT2D eigenvalue weighted by Crippen LogP contribution is -3.14. The largest absolute Gasteiger partial charge is 0.456 e. The van der Waals surface area contributed by atoms with Crippen LogP contribution in [0, 0.1) is 3.57 Å². The molecule has 1 N–H and O–H groups in total. The van der Waals surface area contributed by atoms with Crippen LogP contribution in [-0.2, 0) is 4.74 Å². The van der Waals surface area contributed by atoms with Crippen molar-refractivity contribution in [2.45, 2.75) is 0 Å². The first-order valence-electron chi connectivity index (χ1n) is 6.10. The van der Waals surface area contributed by atoms with Gasteiger partial charge in [0, 0.05) is 15.1 Å². The Morgan fingerprint density at radius 1 is 1.28 bits per heavy atom. The third-order valence-corrected chi connectivity index (χ3v) is 4.67. The molecule has 18 heavy (non-hydrogen) atoms. The molecule has 0 unspecified atom stereocenters. The molecule has 1 saturated heterocycles. The second-order valence-electron chi connectivity index (χ2n) is 4.26. The highest BCUT2D eigenvalue weighted by molar-refractivity contribution is 14.1. The predicted molar refractivity (Wildman–Crippen MR) is 82.3 cm³/mol. The van der Waals surface area contributed by atoms with Gasteiger partial charge in [0.15, 0.2) is 0 Å². The Morgan fingerprint density at radius 3 is 2.61 bits per heavy atom. The van der Waals surface area contributed by atoms with Crippen molar-refractivity contribution >= 4 is 40.3 Å². The van der Waals surface area contributed by atoms with Crippen molar-refractivity contribution in [3.63, 3.8) is 0 Å². The lowest BCUT2D eigenvalue weighted by molar-refractivity contribution is -0.896. The molecule has 1 aromatic carbocycles. The average Bonchev–Trinajstić information content (AvgIpc) is 2.40. The highest BCUT2D eigenvalue weighted by Crippen LogP contribution is 2.07. The van der Waals surface area contributed by atoms with Gasteiger partial charge in [-0.2, -0.15) is 11.8 Å². The number of thioether (sulfide) groups is 1. The molecule has 0 radical (unpaired) electrons. The SMILES string of the molecule is O=C(OCC[NH+]1CCSCC1)c1ccc(I)cc1. The molecule has 0 aromatic heterocycles. The van der Waals surface area contributed by atoms with E-state index in [0.717, 1.165) is 10.1 Å². The Balaban J connectivity index is 1.72. The zero-order valence-electron chi connectivity index (χ0n) is 10.2. The van der Waals surface area contributed by atoms with Gasteiger partial charge in [-0.1, -0.05) is 0 Å². The fourth-order valence-electron chi connectivity index (χ4n) is 1.87. The van der Waals surface area contributed by atoms with Crippen LogP contribution in [0.25, 0.3) is 0 Å². The number of hydrogen-bond acceptors (Lipinski definition) is 3. The number of carbonyl (C=O) groups is 1. The van der Waals surface area contributed by atoms with Crippen molar-refractivity contribution < 1.29 is 14.4 Å². The minimum Gasteiger partial charge on any atom is -0.456 e. The highest BCUT2D eigenvalue weighted by atomic mass is 127. The molecule has 3 nitrogen and oxygen atoms in total. The number of esters is 1. The second-order valence-corrected chi connectivity index (χ2v) is 6.73. The molecule has 1 aliphatic rings. The molecule has 1 fully saturated rings. The van der Waals surface area contributed by atoms with E-state index in [1.807, 2.05) is 36.0 Å². The Morgan fingerprint density at radius 2 is 1.94 bits per heavy atom. The summed E-state index contributed by atoms with van der Waals surface area (Å²) in [7, 11) is 0. The molecule has 0 spiro atoms. The maximum absolute atomic E-state index is 11.8. The molecule has 1 heterocycles. The van der Waals surface area contributed by atoms with Crippen LogP contribution in [0.1, 0.15) is 10.4 Å². The van der Waals surface area contributed by atoms with Crippen molar-refractivity contribution in [1.82, 2.24) is 0 Å². The summed E-state index contributed by atoms with van der Waals surface area (Å²) >= 11 is 4.23. The summed E-state index contributed by atoms with van der Waals surface area (Å²) in [5.41, 5.74) is 0.639. The van der Waals surface area contributed by atoms with Crippen molar-refractivity contribution in [1.29, 1.82) is 0 Å². The lowest BCUT2D eigenvalue weighted by Gasteiger charge is -2.22. The van der Waals surface area contributed by atoms with Gasteiger partial charge in [0.05, 0.1) is 18.7 Å². The van der Waals surface area contributed by atoms with Gasteiger partial charge < -0.3 is 9.64 Å².